The number of carbonyl (C=O) groups is 1. The van der Waals surface area contributed by atoms with Crippen molar-refractivity contribution in [1.29, 1.82) is 0 Å². The fraction of sp³-hybridized carbons (Fsp3) is 0.714. The van der Waals surface area contributed by atoms with Gasteiger partial charge in [-0.2, -0.15) is 5.10 Å². The smallest absolute Gasteiger partial charge is 0.272 e. The summed E-state index contributed by atoms with van der Waals surface area (Å²) >= 11 is 0. The van der Waals surface area contributed by atoms with Crippen LogP contribution in [0.4, 0.5) is 0 Å². The summed E-state index contributed by atoms with van der Waals surface area (Å²) in [6.45, 7) is 6.54. The molecular formula is C14H23N5O. The number of rotatable bonds is 6. The van der Waals surface area contributed by atoms with Gasteiger partial charge in [-0.1, -0.05) is 6.92 Å². The number of amides is 1. The molecular weight excluding hydrogens is 254 g/mol. The molecule has 0 atom stereocenters. The third-order valence-electron chi connectivity index (χ3n) is 4.18. The molecule has 0 aromatic carbocycles. The standard InChI is InChI=1S/C14H23N5O/c1-2-19(10-3-4-10)8-7-16-14(20)13-11-9-15-6-5-12(11)17-18-13/h10,15H,2-9H2,1H3,(H,16,20)(H,17,18). The highest BCUT2D eigenvalue weighted by atomic mass is 16.1. The molecule has 2 heterocycles. The minimum absolute atomic E-state index is 0.0574. The third kappa shape index (κ3) is 2.86. The Morgan fingerprint density at radius 1 is 1.50 bits per heavy atom. The first-order valence-corrected chi connectivity index (χ1v) is 7.58. The molecule has 110 valence electrons. The van der Waals surface area contributed by atoms with Crippen molar-refractivity contribution in [3.8, 4) is 0 Å². The average molecular weight is 277 g/mol. The van der Waals surface area contributed by atoms with E-state index in [0.29, 0.717) is 12.2 Å². The molecule has 3 N–H and O–H groups in total. The van der Waals surface area contributed by atoms with E-state index in [1.807, 2.05) is 0 Å². The van der Waals surface area contributed by atoms with Crippen LogP contribution in [-0.2, 0) is 13.0 Å². The quantitative estimate of drug-likeness (QED) is 0.698. The second kappa shape index (κ2) is 5.93. The summed E-state index contributed by atoms with van der Waals surface area (Å²) < 4.78 is 0. The number of hydrogen-bond acceptors (Lipinski definition) is 4. The van der Waals surface area contributed by atoms with Crippen molar-refractivity contribution in [3.05, 3.63) is 17.0 Å². The van der Waals surface area contributed by atoms with Crippen LogP contribution in [0.3, 0.4) is 0 Å². The SMILES string of the molecule is CCN(CCNC(=O)c1n[nH]c2c1CNCC2)C1CC1. The molecule has 1 aliphatic carbocycles. The zero-order valence-electron chi connectivity index (χ0n) is 12.0. The minimum Gasteiger partial charge on any atom is -0.349 e. The van der Waals surface area contributed by atoms with Crippen molar-refractivity contribution in [2.45, 2.75) is 38.8 Å². The highest BCUT2D eigenvalue weighted by molar-refractivity contribution is 5.94. The van der Waals surface area contributed by atoms with Crippen molar-refractivity contribution in [2.75, 3.05) is 26.2 Å². The molecule has 1 fully saturated rings. The Kier molecular flexibility index (Phi) is 4.03. The average Bonchev–Trinajstić information content (AvgIpc) is 3.22. The van der Waals surface area contributed by atoms with Crippen molar-refractivity contribution < 1.29 is 4.79 Å². The van der Waals surface area contributed by atoms with E-state index in [-0.39, 0.29) is 5.91 Å². The maximum atomic E-state index is 12.2. The Balaban J connectivity index is 1.52. The topological polar surface area (TPSA) is 73.0 Å². The van der Waals surface area contributed by atoms with Crippen molar-refractivity contribution in [3.63, 3.8) is 0 Å². The lowest BCUT2D eigenvalue weighted by molar-refractivity contribution is 0.0942. The van der Waals surface area contributed by atoms with Crippen molar-refractivity contribution >= 4 is 5.91 Å². The fourth-order valence-electron chi connectivity index (χ4n) is 2.85. The van der Waals surface area contributed by atoms with E-state index in [2.05, 4.69) is 32.7 Å². The van der Waals surface area contributed by atoms with E-state index >= 15 is 0 Å². The summed E-state index contributed by atoms with van der Waals surface area (Å²) in [4.78, 5) is 14.6. The van der Waals surface area contributed by atoms with Crippen LogP contribution < -0.4 is 10.6 Å². The van der Waals surface area contributed by atoms with Crippen molar-refractivity contribution in [1.82, 2.24) is 25.7 Å². The largest absolute Gasteiger partial charge is 0.349 e. The van der Waals surface area contributed by atoms with Crippen LogP contribution in [0.15, 0.2) is 0 Å². The molecule has 20 heavy (non-hydrogen) atoms. The van der Waals surface area contributed by atoms with Crippen LogP contribution >= 0.6 is 0 Å². The first-order chi connectivity index (χ1) is 9.79. The molecule has 1 amide bonds. The van der Waals surface area contributed by atoms with E-state index in [4.69, 9.17) is 0 Å². The summed E-state index contributed by atoms with van der Waals surface area (Å²) in [5.41, 5.74) is 2.69. The zero-order chi connectivity index (χ0) is 13.9. The normalized spacial score (nSPS) is 18.1. The van der Waals surface area contributed by atoms with Crippen LogP contribution in [0.5, 0.6) is 0 Å². The van der Waals surface area contributed by atoms with Gasteiger partial charge in [0.05, 0.1) is 0 Å². The number of carbonyl (C=O) groups excluding carboxylic acids is 1. The molecule has 1 aromatic heterocycles. The molecule has 0 unspecified atom stereocenters. The number of nitrogens with zero attached hydrogens (tertiary/aromatic N) is 2. The van der Waals surface area contributed by atoms with Crippen LogP contribution in [0.25, 0.3) is 0 Å². The molecule has 1 aromatic rings. The summed E-state index contributed by atoms with van der Waals surface area (Å²) in [5, 5.41) is 13.4. The van der Waals surface area contributed by atoms with Crippen LogP contribution in [0.1, 0.15) is 41.5 Å². The number of likely N-dealkylation sites (N-methyl/N-ethyl adjacent to an activating group) is 1. The lowest BCUT2D eigenvalue weighted by atomic mass is 10.1. The molecule has 0 radical (unpaired) electrons. The van der Waals surface area contributed by atoms with Crippen molar-refractivity contribution in [2.24, 2.45) is 0 Å². The number of hydrogen-bond donors (Lipinski definition) is 3. The first kappa shape index (κ1) is 13.6. The Morgan fingerprint density at radius 2 is 2.35 bits per heavy atom. The van der Waals surface area contributed by atoms with E-state index in [9.17, 15) is 4.79 Å². The number of H-pyrrole nitrogens is 1. The van der Waals surface area contributed by atoms with Gasteiger partial charge in [0.25, 0.3) is 5.91 Å². The Labute approximate surface area is 119 Å². The third-order valence-corrected chi connectivity index (χ3v) is 4.18. The molecule has 0 bridgehead atoms. The van der Waals surface area contributed by atoms with Gasteiger partial charge in [-0.15, -0.1) is 0 Å². The van der Waals surface area contributed by atoms with Gasteiger partial charge < -0.3 is 10.6 Å². The molecule has 1 saturated carbocycles. The Bertz CT molecular complexity index is 480. The summed E-state index contributed by atoms with van der Waals surface area (Å²) in [6.07, 6.45) is 3.53. The first-order valence-electron chi connectivity index (χ1n) is 7.58. The van der Waals surface area contributed by atoms with Gasteiger partial charge in [0.1, 0.15) is 0 Å². The highest BCUT2D eigenvalue weighted by Gasteiger charge is 2.27. The van der Waals surface area contributed by atoms with Gasteiger partial charge in [0, 0.05) is 49.9 Å². The highest BCUT2D eigenvalue weighted by Crippen LogP contribution is 2.25. The van der Waals surface area contributed by atoms with Gasteiger partial charge >= 0.3 is 0 Å². The maximum Gasteiger partial charge on any atom is 0.272 e. The van der Waals surface area contributed by atoms with Gasteiger partial charge in [-0.25, -0.2) is 0 Å². The van der Waals surface area contributed by atoms with Gasteiger partial charge in [0.15, 0.2) is 5.69 Å². The molecule has 3 rings (SSSR count). The van der Waals surface area contributed by atoms with Gasteiger partial charge in [-0.3, -0.25) is 14.8 Å². The molecule has 0 spiro atoms. The van der Waals surface area contributed by atoms with Crippen LogP contribution in [0, 0.1) is 0 Å². The molecule has 2 aliphatic rings. The van der Waals surface area contributed by atoms with Gasteiger partial charge in [-0.05, 0) is 19.4 Å². The van der Waals surface area contributed by atoms with Crippen LogP contribution in [-0.4, -0.2) is 53.2 Å². The van der Waals surface area contributed by atoms with E-state index in [1.165, 1.54) is 12.8 Å². The summed E-state index contributed by atoms with van der Waals surface area (Å²) in [6, 6.07) is 0.749. The van der Waals surface area contributed by atoms with E-state index in [0.717, 1.165) is 49.9 Å². The Hall–Kier alpha value is -1.40. The number of nitrogens with one attached hydrogen (secondary N) is 3. The molecule has 1 aliphatic heterocycles. The molecule has 0 saturated heterocycles. The predicted molar refractivity (Wildman–Crippen MR) is 76.6 cm³/mol. The van der Waals surface area contributed by atoms with E-state index < -0.39 is 0 Å². The monoisotopic (exact) mass is 277 g/mol. The summed E-state index contributed by atoms with van der Waals surface area (Å²) in [7, 11) is 0. The Morgan fingerprint density at radius 3 is 3.10 bits per heavy atom. The lowest BCUT2D eigenvalue weighted by Gasteiger charge is -2.19. The number of aromatic amines is 1. The molecule has 6 heteroatoms. The van der Waals surface area contributed by atoms with Crippen LogP contribution in [0.2, 0.25) is 0 Å². The number of fused-ring (bicyclic) bond motifs is 1. The zero-order valence-corrected chi connectivity index (χ0v) is 12.0. The minimum atomic E-state index is -0.0574. The summed E-state index contributed by atoms with van der Waals surface area (Å²) in [5.74, 6) is -0.0574. The fourth-order valence-corrected chi connectivity index (χ4v) is 2.85. The lowest BCUT2D eigenvalue weighted by Crippen LogP contribution is -2.36. The number of aromatic nitrogens is 2. The second-order valence-corrected chi connectivity index (χ2v) is 5.57. The van der Waals surface area contributed by atoms with Gasteiger partial charge in [0.2, 0.25) is 0 Å². The molecule has 6 nitrogen and oxygen atoms in total. The second-order valence-electron chi connectivity index (χ2n) is 5.57. The maximum absolute atomic E-state index is 12.2. The predicted octanol–water partition coefficient (Wildman–Crippen LogP) is 0.270. The van der Waals surface area contributed by atoms with E-state index in [1.54, 1.807) is 0 Å².